The van der Waals surface area contributed by atoms with Gasteiger partial charge in [-0.3, -0.25) is 5.32 Å². The molecule has 3 amide bonds. The average Bonchev–Trinajstić information content (AvgIpc) is 3.06. The van der Waals surface area contributed by atoms with Crippen LogP contribution in [0.1, 0.15) is 32.4 Å². The van der Waals surface area contributed by atoms with Gasteiger partial charge in [0.1, 0.15) is 10.7 Å². The number of nitrogens with zero attached hydrogens (tertiary/aromatic N) is 6. The number of aryl methyl sites for hydroxylation is 2. The van der Waals surface area contributed by atoms with E-state index in [9.17, 15) is 36.0 Å². The van der Waals surface area contributed by atoms with Crippen molar-refractivity contribution < 1.29 is 55.3 Å². The second-order valence-electron chi connectivity index (χ2n) is 9.29. The van der Waals surface area contributed by atoms with Crippen molar-refractivity contribution >= 4 is 69.0 Å². The van der Waals surface area contributed by atoms with E-state index >= 15 is 0 Å². The van der Waals surface area contributed by atoms with Crippen LogP contribution in [0.3, 0.4) is 0 Å². The first kappa shape index (κ1) is 39.6. The number of benzene rings is 2. The molecule has 2 heterocycles. The van der Waals surface area contributed by atoms with Crippen molar-refractivity contribution in [2.75, 3.05) is 26.6 Å². The third kappa shape index (κ3) is 11.1. The van der Waals surface area contributed by atoms with E-state index in [0.29, 0.717) is 5.82 Å². The number of carbonyl (C=O) groups excluding carboxylic acids is 3. The van der Waals surface area contributed by atoms with Crippen LogP contribution in [-0.4, -0.2) is 112 Å². The molecular formula is C27H28AsN9O12S2. The molecule has 0 aliphatic carbocycles. The second-order valence-corrected chi connectivity index (χ2v) is 15.0. The number of hydrogen-bond acceptors (Lipinski definition) is 17. The van der Waals surface area contributed by atoms with Crippen molar-refractivity contribution in [1.29, 1.82) is 0 Å². The molecule has 21 nitrogen and oxygen atoms in total. The normalized spacial score (nSPS) is 11.1. The molecule has 2 aromatic heterocycles. The van der Waals surface area contributed by atoms with Gasteiger partial charge in [-0.2, -0.15) is 15.0 Å². The van der Waals surface area contributed by atoms with Gasteiger partial charge in [-0.25, -0.2) is 22.7 Å². The van der Waals surface area contributed by atoms with Crippen molar-refractivity contribution in [2.45, 2.75) is 23.6 Å². The minimum atomic E-state index is -4.36. The number of carbonyl (C=O) groups is 4. The van der Waals surface area contributed by atoms with E-state index in [0.717, 1.165) is 25.3 Å². The Morgan fingerprint density at radius 1 is 0.686 bits per heavy atom. The predicted molar refractivity (Wildman–Crippen MR) is 175 cm³/mol. The summed E-state index contributed by atoms with van der Waals surface area (Å²) in [7, 11) is -4.90. The van der Waals surface area contributed by atoms with Crippen LogP contribution in [0.2, 0.25) is 0 Å². The molecule has 4 aromatic rings. The quantitative estimate of drug-likeness (QED) is 0.110. The van der Waals surface area contributed by atoms with E-state index in [-0.39, 0.29) is 34.0 Å². The zero-order valence-corrected chi connectivity index (χ0v) is 30.8. The summed E-state index contributed by atoms with van der Waals surface area (Å²) < 4.78 is 66.6. The molecule has 24 heteroatoms. The molecule has 0 saturated heterocycles. The number of sulfonamides is 2. The Morgan fingerprint density at radius 3 is 1.76 bits per heavy atom. The molecule has 4 rings (SSSR count). The molecule has 0 saturated carbocycles. The van der Waals surface area contributed by atoms with Crippen molar-refractivity contribution in [3.63, 3.8) is 0 Å². The first-order valence-corrected chi connectivity index (χ1v) is 18.8. The third-order valence-electron chi connectivity index (χ3n) is 5.71. The number of ether oxygens (including phenoxy) is 3. The number of rotatable bonds is 11. The van der Waals surface area contributed by atoms with Crippen LogP contribution in [-0.2, 0) is 24.8 Å². The molecule has 4 N–H and O–H groups in total. The van der Waals surface area contributed by atoms with E-state index in [1.165, 1.54) is 51.5 Å². The topological polar surface area (TPSA) is 298 Å². The van der Waals surface area contributed by atoms with Gasteiger partial charge >= 0.3 is 167 Å². The van der Waals surface area contributed by atoms with Crippen LogP contribution >= 0.6 is 0 Å². The van der Waals surface area contributed by atoms with E-state index in [2.05, 4.69) is 40.0 Å². The molecule has 1 unspecified atom stereocenters. The van der Waals surface area contributed by atoms with Crippen molar-refractivity contribution in [3.05, 3.63) is 71.3 Å². The summed E-state index contributed by atoms with van der Waals surface area (Å²) in [4.78, 5) is 69.2. The van der Waals surface area contributed by atoms with Crippen molar-refractivity contribution in [3.8, 4) is 12.0 Å². The zero-order chi connectivity index (χ0) is 37.9. The number of esters is 1. The molecular weight excluding hydrogens is 781 g/mol. The molecule has 1 atom stereocenters. The van der Waals surface area contributed by atoms with E-state index in [4.69, 9.17) is 14.6 Å². The van der Waals surface area contributed by atoms with Gasteiger partial charge in [0.05, 0.1) is 19.8 Å². The van der Waals surface area contributed by atoms with Gasteiger partial charge in [0, 0.05) is 0 Å². The van der Waals surface area contributed by atoms with Gasteiger partial charge in [0.2, 0.25) is 5.95 Å². The van der Waals surface area contributed by atoms with Gasteiger partial charge in [-0.15, -0.1) is 0 Å². The van der Waals surface area contributed by atoms with Crippen LogP contribution in [0.15, 0.2) is 58.3 Å². The summed E-state index contributed by atoms with van der Waals surface area (Å²) in [6, 6.07) is 9.13. The summed E-state index contributed by atoms with van der Waals surface area (Å²) in [5.74, 6) is -1.89. The molecule has 2 aromatic carbocycles. The minimum absolute atomic E-state index is 0.0260. The van der Waals surface area contributed by atoms with E-state index in [1.54, 1.807) is 11.6 Å². The number of carboxylic acids is 1. The molecule has 270 valence electrons. The summed E-state index contributed by atoms with van der Waals surface area (Å²) in [6.07, 6.45) is 0. The number of hydrogen-bond donors (Lipinski definition) is 4. The molecule has 0 spiro atoms. The molecule has 0 aliphatic rings. The van der Waals surface area contributed by atoms with Crippen LogP contribution in [0.5, 0.6) is 12.0 Å². The Bertz CT molecular complexity index is 2190. The van der Waals surface area contributed by atoms with Gasteiger partial charge < -0.3 is 9.47 Å². The number of anilines is 1. The monoisotopic (exact) mass is 809 g/mol. The van der Waals surface area contributed by atoms with Crippen molar-refractivity contribution in [2.24, 2.45) is 0 Å². The first-order valence-electron chi connectivity index (χ1n) is 13.7. The fraction of sp³-hybridized carbons (Fsp3) is 0.185. The van der Waals surface area contributed by atoms with Crippen LogP contribution in [0, 0.1) is 13.8 Å². The maximum atomic E-state index is 12.4. The molecule has 0 aliphatic heterocycles. The van der Waals surface area contributed by atoms with Gasteiger partial charge in [0.15, 0.2) is 0 Å². The Morgan fingerprint density at radius 2 is 1.20 bits per heavy atom. The van der Waals surface area contributed by atoms with E-state index in [1.807, 2.05) is 4.72 Å². The number of carboxylic acid groups (broad SMARTS) is 1. The zero-order valence-electron chi connectivity index (χ0n) is 27.1. The fourth-order valence-corrected chi connectivity index (χ4v) is 8.25. The van der Waals surface area contributed by atoms with Crippen LogP contribution < -0.4 is 28.8 Å². The van der Waals surface area contributed by atoms with Crippen molar-refractivity contribution in [1.82, 2.24) is 39.3 Å². The number of nitrogens with one attached hydrogen (secondary N) is 3. The third-order valence-corrected chi connectivity index (χ3v) is 10.5. The first-order chi connectivity index (χ1) is 24.0. The number of amides is 3. The SMILES string of the molecule is COC(=O)c1ccccc1S(=O)(=O)NC(=O)Nc1nc(C)nc(OC)n1.COc1nc(C)nc([AsH]C(=O)NS(=O)(=O)c2ccccc2C(=O)O)n1. The average molecular weight is 810 g/mol. The van der Waals surface area contributed by atoms with Gasteiger partial charge in [-0.1, -0.05) is 12.1 Å². The Labute approximate surface area is 296 Å². The number of urea groups is 1. The summed E-state index contributed by atoms with van der Waals surface area (Å²) in [6.45, 7) is 3.12. The summed E-state index contributed by atoms with van der Waals surface area (Å²) >= 11 is -1.73. The summed E-state index contributed by atoms with van der Waals surface area (Å²) in [5.41, 5.74) is -0.645. The van der Waals surface area contributed by atoms with Crippen LogP contribution in [0.4, 0.5) is 15.5 Å². The van der Waals surface area contributed by atoms with Gasteiger partial charge in [0.25, 0.3) is 10.0 Å². The molecule has 0 radical (unpaired) electrons. The predicted octanol–water partition coefficient (Wildman–Crippen LogP) is -0.467. The fourth-order valence-electron chi connectivity index (χ4n) is 3.67. The Kier molecular flexibility index (Phi) is 13.4. The van der Waals surface area contributed by atoms with E-state index < -0.39 is 73.8 Å². The van der Waals surface area contributed by atoms with Gasteiger partial charge in [-0.05, 0) is 19.1 Å². The number of aromatic carboxylic acids is 1. The number of aromatic nitrogens is 6. The standard InChI is InChI=1S/C14H15N5O6S.C13H13AsN4O6S/c1-8-15-12(18-14(16-8)25-3)17-13(21)19-26(22,23)10-7-5-4-6-9(10)11(20)24-2;1-7-15-11(17-13(16-7)24-2)14-12(21)18-25(22,23)9-6-4-3-5-8(9)10(19)20/h4-7H,1-3H3,(H2,15,16,17,18,19,21);3-6,14H,1-2H3,(H,18,21)(H,19,20). The summed E-state index contributed by atoms with van der Waals surface area (Å²) in [5, 5.41) is 11.2. The number of methoxy groups -OCH3 is 3. The molecule has 51 heavy (non-hydrogen) atoms. The van der Waals surface area contributed by atoms with Crippen LogP contribution in [0.25, 0.3) is 0 Å². The Hall–Kier alpha value is -5.80. The maximum absolute atomic E-state index is 12.4. The second kappa shape index (κ2) is 17.2. The molecule has 0 fully saturated rings. The molecule has 0 bridgehead atoms. The Balaban J connectivity index is 0.000000276.